The van der Waals surface area contributed by atoms with Crippen molar-refractivity contribution in [3.8, 4) is 17.2 Å². The normalized spacial score (nSPS) is 10.2. The first-order valence-corrected chi connectivity index (χ1v) is 8.95. The molecule has 0 spiro atoms. The van der Waals surface area contributed by atoms with Crippen molar-refractivity contribution in [2.24, 2.45) is 0 Å². The van der Waals surface area contributed by atoms with E-state index in [1.54, 1.807) is 38.5 Å². The number of nitrogens with one attached hydrogen (secondary N) is 1. The zero-order valence-electron chi connectivity index (χ0n) is 16.0. The van der Waals surface area contributed by atoms with Gasteiger partial charge in [0.25, 0.3) is 5.91 Å². The Morgan fingerprint density at radius 3 is 2.39 bits per heavy atom. The molecule has 0 saturated carbocycles. The Hall–Kier alpha value is -3.47. The van der Waals surface area contributed by atoms with Gasteiger partial charge in [0.05, 0.1) is 14.2 Å². The molecule has 5 nitrogen and oxygen atoms in total. The Balaban J connectivity index is 1.62. The van der Waals surface area contributed by atoms with Gasteiger partial charge in [-0.15, -0.1) is 0 Å². The lowest BCUT2D eigenvalue weighted by Gasteiger charge is -2.13. The molecule has 0 unspecified atom stereocenters. The maximum absolute atomic E-state index is 12.3. The summed E-state index contributed by atoms with van der Waals surface area (Å²) in [5, 5.41) is 2.90. The first-order chi connectivity index (χ1) is 13.7. The standard InChI is InChI=1S/C23H23NO4/c1-26-20-10-6-9-19(14-20)23(25)24-15-18-11-12-21(22(13-18)27-2)28-16-17-7-4-3-5-8-17/h3-14H,15-16H2,1-2H3,(H,24,25). The summed E-state index contributed by atoms with van der Waals surface area (Å²) < 4.78 is 16.5. The molecule has 1 N–H and O–H groups in total. The molecule has 0 atom stereocenters. The monoisotopic (exact) mass is 377 g/mol. The van der Waals surface area contributed by atoms with E-state index in [2.05, 4.69) is 5.32 Å². The average Bonchev–Trinajstić information content (AvgIpc) is 2.77. The van der Waals surface area contributed by atoms with Gasteiger partial charge in [-0.05, 0) is 41.5 Å². The highest BCUT2D eigenvalue weighted by Gasteiger charge is 2.09. The van der Waals surface area contributed by atoms with E-state index >= 15 is 0 Å². The van der Waals surface area contributed by atoms with Crippen molar-refractivity contribution in [3.63, 3.8) is 0 Å². The molecule has 5 heteroatoms. The largest absolute Gasteiger partial charge is 0.497 e. The van der Waals surface area contributed by atoms with Crippen LogP contribution in [-0.4, -0.2) is 20.1 Å². The van der Waals surface area contributed by atoms with Crippen molar-refractivity contribution in [2.45, 2.75) is 13.2 Å². The summed E-state index contributed by atoms with van der Waals surface area (Å²) in [6, 6.07) is 22.6. The number of ether oxygens (including phenoxy) is 3. The minimum atomic E-state index is -0.165. The quantitative estimate of drug-likeness (QED) is 0.639. The summed E-state index contributed by atoms with van der Waals surface area (Å²) in [6.07, 6.45) is 0. The summed E-state index contributed by atoms with van der Waals surface area (Å²) >= 11 is 0. The van der Waals surface area contributed by atoms with E-state index in [1.807, 2.05) is 48.5 Å². The van der Waals surface area contributed by atoms with Crippen LogP contribution in [0.4, 0.5) is 0 Å². The molecule has 0 aliphatic carbocycles. The lowest BCUT2D eigenvalue weighted by Crippen LogP contribution is -2.22. The number of benzene rings is 3. The Kier molecular flexibility index (Phi) is 6.52. The van der Waals surface area contributed by atoms with Crippen LogP contribution in [0.15, 0.2) is 72.8 Å². The molecule has 28 heavy (non-hydrogen) atoms. The van der Waals surface area contributed by atoms with Gasteiger partial charge >= 0.3 is 0 Å². The van der Waals surface area contributed by atoms with Crippen molar-refractivity contribution in [1.29, 1.82) is 0 Å². The van der Waals surface area contributed by atoms with Gasteiger partial charge in [0.15, 0.2) is 11.5 Å². The highest BCUT2D eigenvalue weighted by molar-refractivity contribution is 5.94. The number of carbonyl (C=O) groups is 1. The molecule has 1 amide bonds. The molecule has 0 fully saturated rings. The van der Waals surface area contributed by atoms with Gasteiger partial charge in [-0.25, -0.2) is 0 Å². The van der Waals surface area contributed by atoms with Crippen LogP contribution in [0.5, 0.6) is 17.2 Å². The topological polar surface area (TPSA) is 56.8 Å². The number of carbonyl (C=O) groups excluding carboxylic acids is 1. The van der Waals surface area contributed by atoms with Gasteiger partial charge in [0.2, 0.25) is 0 Å². The third kappa shape index (κ3) is 5.04. The number of methoxy groups -OCH3 is 2. The van der Waals surface area contributed by atoms with Crippen LogP contribution in [-0.2, 0) is 13.2 Å². The van der Waals surface area contributed by atoms with E-state index < -0.39 is 0 Å². The van der Waals surface area contributed by atoms with Crippen LogP contribution in [0.1, 0.15) is 21.5 Å². The molecule has 0 saturated heterocycles. The summed E-state index contributed by atoms with van der Waals surface area (Å²) in [4.78, 5) is 12.3. The average molecular weight is 377 g/mol. The van der Waals surface area contributed by atoms with Gasteiger partial charge < -0.3 is 19.5 Å². The SMILES string of the molecule is COc1cccc(C(=O)NCc2ccc(OCc3ccccc3)c(OC)c2)c1. The van der Waals surface area contributed by atoms with Gasteiger partial charge in [0, 0.05) is 12.1 Å². The van der Waals surface area contributed by atoms with E-state index in [1.165, 1.54) is 0 Å². The lowest BCUT2D eigenvalue weighted by atomic mass is 10.1. The fraction of sp³-hybridized carbons (Fsp3) is 0.174. The van der Waals surface area contributed by atoms with Gasteiger partial charge in [-0.2, -0.15) is 0 Å². The summed E-state index contributed by atoms with van der Waals surface area (Å²) in [6.45, 7) is 0.842. The molecular formula is C23H23NO4. The number of rotatable bonds is 8. The van der Waals surface area contributed by atoms with Crippen molar-refractivity contribution in [2.75, 3.05) is 14.2 Å². The molecule has 0 aliphatic heterocycles. The van der Waals surface area contributed by atoms with Crippen LogP contribution in [0.3, 0.4) is 0 Å². The molecule has 0 heterocycles. The first-order valence-electron chi connectivity index (χ1n) is 8.95. The fourth-order valence-electron chi connectivity index (χ4n) is 2.73. The predicted octanol–water partition coefficient (Wildman–Crippen LogP) is 4.21. The fourth-order valence-corrected chi connectivity index (χ4v) is 2.73. The molecule has 0 bridgehead atoms. The highest BCUT2D eigenvalue weighted by Crippen LogP contribution is 2.29. The molecule has 144 valence electrons. The maximum Gasteiger partial charge on any atom is 0.251 e. The summed E-state index contributed by atoms with van der Waals surface area (Å²) in [5.74, 6) is 1.77. The van der Waals surface area contributed by atoms with E-state index in [-0.39, 0.29) is 5.91 Å². The van der Waals surface area contributed by atoms with Crippen LogP contribution >= 0.6 is 0 Å². The number of amides is 1. The smallest absolute Gasteiger partial charge is 0.251 e. The van der Waals surface area contributed by atoms with Crippen molar-refractivity contribution < 1.29 is 19.0 Å². The van der Waals surface area contributed by atoms with Crippen molar-refractivity contribution in [3.05, 3.63) is 89.5 Å². The van der Waals surface area contributed by atoms with Crippen molar-refractivity contribution in [1.82, 2.24) is 5.32 Å². The minimum absolute atomic E-state index is 0.165. The summed E-state index contributed by atoms with van der Waals surface area (Å²) in [5.41, 5.74) is 2.55. The van der Waals surface area contributed by atoms with Crippen LogP contribution in [0, 0.1) is 0 Å². The maximum atomic E-state index is 12.3. The Morgan fingerprint density at radius 2 is 1.64 bits per heavy atom. The summed E-state index contributed by atoms with van der Waals surface area (Å²) in [7, 11) is 3.17. The second-order valence-electron chi connectivity index (χ2n) is 6.17. The van der Waals surface area contributed by atoms with Gasteiger partial charge in [0.1, 0.15) is 12.4 Å². The predicted molar refractivity (Wildman–Crippen MR) is 108 cm³/mol. The zero-order valence-corrected chi connectivity index (χ0v) is 16.0. The molecule has 0 aliphatic rings. The Labute approximate surface area is 164 Å². The second-order valence-corrected chi connectivity index (χ2v) is 6.17. The molecule has 3 aromatic carbocycles. The van der Waals surface area contributed by atoms with Crippen LogP contribution < -0.4 is 19.5 Å². The Morgan fingerprint density at radius 1 is 0.821 bits per heavy atom. The molecule has 3 rings (SSSR count). The highest BCUT2D eigenvalue weighted by atomic mass is 16.5. The van der Waals surface area contributed by atoms with Crippen LogP contribution in [0.2, 0.25) is 0 Å². The molecule has 3 aromatic rings. The van der Waals surface area contributed by atoms with E-state index in [4.69, 9.17) is 14.2 Å². The number of hydrogen-bond donors (Lipinski definition) is 1. The molecule has 0 aromatic heterocycles. The third-order valence-corrected chi connectivity index (χ3v) is 4.25. The second kappa shape index (κ2) is 9.46. The van der Waals surface area contributed by atoms with E-state index in [0.717, 1.165) is 11.1 Å². The number of hydrogen-bond acceptors (Lipinski definition) is 4. The molecular weight excluding hydrogens is 354 g/mol. The minimum Gasteiger partial charge on any atom is -0.497 e. The van der Waals surface area contributed by atoms with E-state index in [9.17, 15) is 4.79 Å². The van der Waals surface area contributed by atoms with Crippen molar-refractivity contribution >= 4 is 5.91 Å². The van der Waals surface area contributed by atoms with Gasteiger partial charge in [-0.3, -0.25) is 4.79 Å². The van der Waals surface area contributed by atoms with E-state index in [0.29, 0.717) is 36.0 Å². The Bertz CT molecular complexity index is 925. The first kappa shape index (κ1) is 19.3. The third-order valence-electron chi connectivity index (χ3n) is 4.25. The lowest BCUT2D eigenvalue weighted by molar-refractivity contribution is 0.0950. The van der Waals surface area contributed by atoms with Crippen LogP contribution in [0.25, 0.3) is 0 Å². The molecule has 0 radical (unpaired) electrons. The van der Waals surface area contributed by atoms with Gasteiger partial charge in [-0.1, -0.05) is 42.5 Å². The zero-order chi connectivity index (χ0) is 19.8.